The van der Waals surface area contributed by atoms with E-state index in [2.05, 4.69) is 21.2 Å². The number of hydrogen-bond donors (Lipinski definition) is 1. The average molecular weight is 352 g/mol. The van der Waals surface area contributed by atoms with Crippen LogP contribution in [0.3, 0.4) is 0 Å². The van der Waals surface area contributed by atoms with Crippen molar-refractivity contribution in [2.75, 3.05) is 6.61 Å². The van der Waals surface area contributed by atoms with Crippen molar-refractivity contribution in [3.05, 3.63) is 40.4 Å². The SMILES string of the molecule is O=C(COC(=O)/C=C/c1cccc(Br)c1)NC1CCCC1. The molecule has 0 aliphatic heterocycles. The third-order valence-electron chi connectivity index (χ3n) is 3.33. The first-order chi connectivity index (χ1) is 10.1. The van der Waals surface area contributed by atoms with E-state index in [-0.39, 0.29) is 18.6 Å². The molecule has 1 saturated carbocycles. The summed E-state index contributed by atoms with van der Waals surface area (Å²) in [5, 5.41) is 2.87. The van der Waals surface area contributed by atoms with E-state index in [0.29, 0.717) is 0 Å². The fourth-order valence-corrected chi connectivity index (χ4v) is 2.72. The molecule has 0 saturated heterocycles. The summed E-state index contributed by atoms with van der Waals surface area (Å²) in [5.41, 5.74) is 0.886. The first-order valence-electron chi connectivity index (χ1n) is 7.03. The monoisotopic (exact) mass is 351 g/mol. The van der Waals surface area contributed by atoms with Crippen molar-refractivity contribution in [1.82, 2.24) is 5.32 Å². The van der Waals surface area contributed by atoms with Gasteiger partial charge in [-0.05, 0) is 36.6 Å². The van der Waals surface area contributed by atoms with Gasteiger partial charge < -0.3 is 10.1 Å². The highest BCUT2D eigenvalue weighted by molar-refractivity contribution is 9.10. The third kappa shape index (κ3) is 5.71. The van der Waals surface area contributed by atoms with Crippen molar-refractivity contribution >= 4 is 33.9 Å². The van der Waals surface area contributed by atoms with Crippen LogP contribution in [-0.2, 0) is 14.3 Å². The number of hydrogen-bond acceptors (Lipinski definition) is 3. The molecule has 21 heavy (non-hydrogen) atoms. The Hall–Kier alpha value is -1.62. The van der Waals surface area contributed by atoms with Crippen LogP contribution in [0.4, 0.5) is 0 Å². The topological polar surface area (TPSA) is 55.4 Å². The number of amides is 1. The zero-order chi connectivity index (χ0) is 15.1. The molecular weight excluding hydrogens is 334 g/mol. The third-order valence-corrected chi connectivity index (χ3v) is 3.82. The van der Waals surface area contributed by atoms with Gasteiger partial charge in [0.25, 0.3) is 5.91 Å². The van der Waals surface area contributed by atoms with E-state index in [1.807, 2.05) is 24.3 Å². The molecule has 1 aromatic rings. The quantitative estimate of drug-likeness (QED) is 0.655. The molecule has 1 aromatic carbocycles. The molecule has 1 fully saturated rings. The lowest BCUT2D eigenvalue weighted by atomic mass is 10.2. The van der Waals surface area contributed by atoms with Crippen LogP contribution in [0.5, 0.6) is 0 Å². The van der Waals surface area contributed by atoms with Crippen LogP contribution in [0.1, 0.15) is 31.2 Å². The number of nitrogens with one attached hydrogen (secondary N) is 1. The van der Waals surface area contributed by atoms with Gasteiger partial charge in [0.1, 0.15) is 0 Å². The molecular formula is C16H18BrNO3. The lowest BCUT2D eigenvalue weighted by Gasteiger charge is -2.11. The van der Waals surface area contributed by atoms with E-state index < -0.39 is 5.97 Å². The maximum Gasteiger partial charge on any atom is 0.331 e. The second kappa shape index (κ2) is 7.98. The number of ether oxygens (including phenoxy) is 1. The van der Waals surface area contributed by atoms with E-state index in [9.17, 15) is 9.59 Å². The Kier molecular flexibility index (Phi) is 5.99. The Morgan fingerprint density at radius 1 is 1.33 bits per heavy atom. The van der Waals surface area contributed by atoms with Crippen molar-refractivity contribution < 1.29 is 14.3 Å². The van der Waals surface area contributed by atoms with Gasteiger partial charge >= 0.3 is 5.97 Å². The minimum Gasteiger partial charge on any atom is -0.452 e. The minimum absolute atomic E-state index is 0.224. The lowest BCUT2D eigenvalue weighted by molar-refractivity contribution is -0.144. The van der Waals surface area contributed by atoms with E-state index >= 15 is 0 Å². The molecule has 1 aliphatic rings. The Morgan fingerprint density at radius 3 is 2.81 bits per heavy atom. The van der Waals surface area contributed by atoms with Crippen LogP contribution in [0.2, 0.25) is 0 Å². The number of carbonyl (C=O) groups is 2. The van der Waals surface area contributed by atoms with E-state index in [1.165, 1.54) is 6.08 Å². The fraction of sp³-hybridized carbons (Fsp3) is 0.375. The summed E-state index contributed by atoms with van der Waals surface area (Å²) in [5.74, 6) is -0.748. The molecule has 5 heteroatoms. The molecule has 0 bridgehead atoms. The molecule has 0 atom stereocenters. The predicted octanol–water partition coefficient (Wildman–Crippen LogP) is 3.06. The summed E-state index contributed by atoms with van der Waals surface area (Å²) in [4.78, 5) is 23.1. The van der Waals surface area contributed by atoms with Gasteiger partial charge in [-0.3, -0.25) is 4.79 Å². The van der Waals surface area contributed by atoms with Gasteiger partial charge in [-0.1, -0.05) is 40.9 Å². The van der Waals surface area contributed by atoms with Crippen LogP contribution in [0.15, 0.2) is 34.8 Å². The molecule has 0 heterocycles. The minimum atomic E-state index is -0.517. The van der Waals surface area contributed by atoms with E-state index in [1.54, 1.807) is 6.08 Å². The van der Waals surface area contributed by atoms with Crippen LogP contribution in [-0.4, -0.2) is 24.5 Å². The van der Waals surface area contributed by atoms with Crippen LogP contribution in [0, 0.1) is 0 Å². The van der Waals surface area contributed by atoms with Gasteiger partial charge in [0.05, 0.1) is 0 Å². The summed E-state index contributed by atoms with van der Waals surface area (Å²) in [6, 6.07) is 7.79. The molecule has 0 radical (unpaired) electrons. The van der Waals surface area contributed by atoms with E-state index in [4.69, 9.17) is 4.74 Å². The summed E-state index contributed by atoms with van der Waals surface area (Å²) in [6.07, 6.45) is 7.32. The van der Waals surface area contributed by atoms with Crippen molar-refractivity contribution in [1.29, 1.82) is 0 Å². The van der Waals surface area contributed by atoms with Gasteiger partial charge in [-0.15, -0.1) is 0 Å². The Bertz CT molecular complexity index is 536. The Labute approximate surface area is 132 Å². The standard InChI is InChI=1S/C16H18BrNO3/c17-13-5-3-4-12(10-13)8-9-16(20)21-11-15(19)18-14-6-1-2-7-14/h3-5,8-10,14H,1-2,6-7,11H2,(H,18,19)/b9-8+. The normalized spacial score (nSPS) is 15.3. The van der Waals surface area contributed by atoms with E-state index in [0.717, 1.165) is 35.7 Å². The molecule has 1 amide bonds. The second-order valence-electron chi connectivity index (χ2n) is 5.04. The van der Waals surface area contributed by atoms with Gasteiger partial charge in [0, 0.05) is 16.6 Å². The highest BCUT2D eigenvalue weighted by Gasteiger charge is 2.17. The fourth-order valence-electron chi connectivity index (χ4n) is 2.30. The van der Waals surface area contributed by atoms with Gasteiger partial charge in [-0.25, -0.2) is 4.79 Å². The first-order valence-corrected chi connectivity index (χ1v) is 7.82. The van der Waals surface area contributed by atoms with Crippen LogP contribution >= 0.6 is 15.9 Å². The number of rotatable bonds is 5. The van der Waals surface area contributed by atoms with Crippen LogP contribution in [0.25, 0.3) is 6.08 Å². The highest BCUT2D eigenvalue weighted by atomic mass is 79.9. The largest absolute Gasteiger partial charge is 0.452 e. The van der Waals surface area contributed by atoms with Crippen molar-refractivity contribution in [2.24, 2.45) is 0 Å². The zero-order valence-electron chi connectivity index (χ0n) is 11.7. The smallest absolute Gasteiger partial charge is 0.331 e. The lowest BCUT2D eigenvalue weighted by Crippen LogP contribution is -2.35. The molecule has 4 nitrogen and oxygen atoms in total. The number of benzene rings is 1. The molecule has 112 valence electrons. The first kappa shape index (κ1) is 15.8. The highest BCUT2D eigenvalue weighted by Crippen LogP contribution is 2.17. The number of esters is 1. The maximum absolute atomic E-state index is 11.6. The van der Waals surface area contributed by atoms with Crippen molar-refractivity contribution in [3.8, 4) is 0 Å². The van der Waals surface area contributed by atoms with Crippen molar-refractivity contribution in [2.45, 2.75) is 31.7 Å². The average Bonchev–Trinajstić information content (AvgIpc) is 2.96. The van der Waals surface area contributed by atoms with Gasteiger partial charge in [-0.2, -0.15) is 0 Å². The maximum atomic E-state index is 11.6. The molecule has 0 spiro atoms. The Morgan fingerprint density at radius 2 is 2.10 bits per heavy atom. The molecule has 1 aliphatic carbocycles. The van der Waals surface area contributed by atoms with Crippen molar-refractivity contribution in [3.63, 3.8) is 0 Å². The van der Waals surface area contributed by atoms with Gasteiger partial charge in [0.2, 0.25) is 0 Å². The molecule has 2 rings (SSSR count). The molecule has 0 unspecified atom stereocenters. The van der Waals surface area contributed by atoms with Gasteiger partial charge in [0.15, 0.2) is 6.61 Å². The Balaban J connectivity index is 1.72. The molecule has 1 N–H and O–H groups in total. The summed E-state index contributed by atoms with van der Waals surface area (Å²) in [7, 11) is 0. The summed E-state index contributed by atoms with van der Waals surface area (Å²) < 4.78 is 5.86. The second-order valence-corrected chi connectivity index (χ2v) is 5.96. The molecule has 0 aromatic heterocycles. The zero-order valence-corrected chi connectivity index (χ0v) is 13.3. The number of carbonyl (C=O) groups excluding carboxylic acids is 2. The van der Waals surface area contributed by atoms with Crippen LogP contribution < -0.4 is 5.32 Å². The summed E-state index contributed by atoms with van der Waals surface area (Å²) in [6.45, 7) is -0.224. The predicted molar refractivity (Wildman–Crippen MR) is 84.5 cm³/mol. The summed E-state index contributed by atoms with van der Waals surface area (Å²) >= 11 is 3.36. The number of halogens is 1.